The predicted octanol–water partition coefficient (Wildman–Crippen LogP) is 2.95. The van der Waals surface area contributed by atoms with Crippen LogP contribution in [0.2, 0.25) is 0 Å². The van der Waals surface area contributed by atoms with E-state index >= 15 is 0 Å². The number of ether oxygens (including phenoxy) is 2. The van der Waals surface area contributed by atoms with Gasteiger partial charge in [0.05, 0.1) is 18.8 Å². The zero-order valence-electron chi connectivity index (χ0n) is 13.2. The minimum atomic E-state index is 0.0530. The van der Waals surface area contributed by atoms with Gasteiger partial charge in [0.25, 0.3) is 0 Å². The monoisotopic (exact) mass is 333 g/mol. The summed E-state index contributed by atoms with van der Waals surface area (Å²) >= 11 is 1.64. The van der Waals surface area contributed by atoms with Gasteiger partial charge in [-0.25, -0.2) is 0 Å². The van der Waals surface area contributed by atoms with Crippen molar-refractivity contribution >= 4 is 23.3 Å². The van der Waals surface area contributed by atoms with Gasteiger partial charge in [-0.3, -0.25) is 4.79 Å². The number of rotatable bonds is 5. The summed E-state index contributed by atoms with van der Waals surface area (Å²) in [6.45, 7) is 2.11. The molecule has 1 amide bonds. The Hall–Kier alpha value is -1.17. The maximum absolute atomic E-state index is 12.7. The van der Waals surface area contributed by atoms with Gasteiger partial charge >= 0.3 is 0 Å². The van der Waals surface area contributed by atoms with Gasteiger partial charge in [-0.1, -0.05) is 6.07 Å². The lowest BCUT2D eigenvalue weighted by Gasteiger charge is -2.30. The number of carbonyl (C=O) groups is 1. The average molecular weight is 333 g/mol. The van der Waals surface area contributed by atoms with Crippen molar-refractivity contribution in [2.75, 3.05) is 19.8 Å². The summed E-state index contributed by atoms with van der Waals surface area (Å²) in [4.78, 5) is 15.7. The van der Waals surface area contributed by atoms with Crippen LogP contribution in [-0.4, -0.2) is 48.8 Å². The minimum Gasteiger partial charge on any atom is -0.374 e. The number of nitrogens with zero attached hydrogens (tertiary/aromatic N) is 1. The van der Waals surface area contributed by atoms with Gasteiger partial charge in [-0.15, -0.1) is 11.3 Å². The maximum atomic E-state index is 12.7. The molecule has 3 fully saturated rings. The van der Waals surface area contributed by atoms with Gasteiger partial charge in [0, 0.05) is 24.1 Å². The number of amides is 1. The van der Waals surface area contributed by atoms with E-state index in [0.717, 1.165) is 30.2 Å². The highest BCUT2D eigenvalue weighted by molar-refractivity contribution is 7.10. The Morgan fingerprint density at radius 3 is 3.09 bits per heavy atom. The molecule has 3 atom stereocenters. The first kappa shape index (κ1) is 15.4. The van der Waals surface area contributed by atoms with Crippen LogP contribution in [0.3, 0.4) is 0 Å². The first-order valence-corrected chi connectivity index (χ1v) is 9.44. The van der Waals surface area contributed by atoms with Gasteiger partial charge in [-0.2, -0.15) is 0 Å². The fourth-order valence-corrected chi connectivity index (χ4v) is 4.17. The molecule has 23 heavy (non-hydrogen) atoms. The molecule has 0 spiro atoms. The predicted molar refractivity (Wildman–Crippen MR) is 90.3 cm³/mol. The van der Waals surface area contributed by atoms with E-state index in [1.807, 2.05) is 28.5 Å². The molecule has 2 heterocycles. The molecule has 2 saturated carbocycles. The van der Waals surface area contributed by atoms with E-state index in [2.05, 4.69) is 0 Å². The molecule has 3 aliphatic rings. The third-order valence-electron chi connectivity index (χ3n) is 4.99. The summed E-state index contributed by atoms with van der Waals surface area (Å²) in [6, 6.07) is 4.19. The maximum Gasteiger partial charge on any atom is 0.247 e. The Morgan fingerprint density at radius 2 is 2.30 bits per heavy atom. The molecule has 1 aromatic rings. The molecule has 0 radical (unpaired) electrons. The van der Waals surface area contributed by atoms with E-state index in [1.54, 1.807) is 17.4 Å². The van der Waals surface area contributed by atoms with Crippen molar-refractivity contribution in [2.24, 2.45) is 5.92 Å². The second-order valence-corrected chi connectivity index (χ2v) is 7.65. The Kier molecular flexibility index (Phi) is 4.51. The third-order valence-corrected chi connectivity index (χ3v) is 5.83. The normalized spacial score (nSPS) is 30.8. The van der Waals surface area contributed by atoms with E-state index in [1.165, 1.54) is 12.8 Å². The zero-order chi connectivity index (χ0) is 15.6. The molecule has 1 aromatic heterocycles. The van der Waals surface area contributed by atoms with Crippen LogP contribution < -0.4 is 0 Å². The zero-order valence-corrected chi connectivity index (χ0v) is 14.0. The lowest BCUT2D eigenvalue weighted by molar-refractivity contribution is -0.130. The molecular weight excluding hydrogens is 310 g/mol. The van der Waals surface area contributed by atoms with Crippen LogP contribution in [0.4, 0.5) is 0 Å². The number of carbonyl (C=O) groups excluding carboxylic acids is 1. The molecule has 5 heteroatoms. The van der Waals surface area contributed by atoms with Crippen LogP contribution >= 0.6 is 11.3 Å². The summed E-state index contributed by atoms with van der Waals surface area (Å²) in [5.41, 5.74) is 0. The Labute approximate surface area is 141 Å². The minimum absolute atomic E-state index is 0.0530. The molecule has 4 rings (SSSR count). The highest BCUT2D eigenvalue weighted by Gasteiger charge is 2.44. The molecule has 124 valence electrons. The Morgan fingerprint density at radius 1 is 1.39 bits per heavy atom. The van der Waals surface area contributed by atoms with Crippen LogP contribution in [0.1, 0.15) is 30.6 Å². The van der Waals surface area contributed by atoms with Crippen molar-refractivity contribution in [3.8, 4) is 0 Å². The van der Waals surface area contributed by atoms with E-state index in [0.29, 0.717) is 13.2 Å². The Bertz CT molecular complexity index is 567. The summed E-state index contributed by atoms with van der Waals surface area (Å²) in [5.74, 6) is 0.815. The Balaban J connectivity index is 1.44. The molecule has 2 aliphatic carbocycles. The van der Waals surface area contributed by atoms with Crippen molar-refractivity contribution in [1.82, 2.24) is 4.90 Å². The molecule has 2 bridgehead atoms. The second kappa shape index (κ2) is 6.75. The number of hydrogen-bond acceptors (Lipinski definition) is 4. The van der Waals surface area contributed by atoms with E-state index in [9.17, 15) is 4.79 Å². The summed E-state index contributed by atoms with van der Waals surface area (Å²) in [5, 5.41) is 2.02. The van der Waals surface area contributed by atoms with Crippen LogP contribution in [-0.2, 0) is 14.3 Å². The molecule has 3 unspecified atom stereocenters. The molecule has 0 aromatic carbocycles. The quantitative estimate of drug-likeness (QED) is 0.778. The first-order valence-electron chi connectivity index (χ1n) is 8.56. The first-order chi connectivity index (χ1) is 11.3. The highest BCUT2D eigenvalue weighted by Crippen LogP contribution is 2.35. The largest absolute Gasteiger partial charge is 0.374 e. The van der Waals surface area contributed by atoms with Crippen LogP contribution in [0, 0.1) is 5.92 Å². The standard InChI is InChI=1S/C18H23NO3S/c20-17(8-5-14-2-1-11-23-14)19-9-10-21-16-7-6-15(19)18(16)22-12-13-3-4-13/h1-2,5,8,11,13,15-16,18H,3-4,6-7,9-10,12H2/b8-5+. The smallest absolute Gasteiger partial charge is 0.247 e. The van der Waals surface area contributed by atoms with Crippen molar-refractivity contribution in [3.05, 3.63) is 28.5 Å². The number of hydrogen-bond donors (Lipinski definition) is 0. The van der Waals surface area contributed by atoms with Gasteiger partial charge in [0.15, 0.2) is 0 Å². The van der Waals surface area contributed by atoms with Gasteiger partial charge < -0.3 is 14.4 Å². The number of thiophene rings is 1. The van der Waals surface area contributed by atoms with E-state index in [-0.39, 0.29) is 24.2 Å². The van der Waals surface area contributed by atoms with Crippen LogP contribution in [0.5, 0.6) is 0 Å². The summed E-state index contributed by atoms with van der Waals surface area (Å²) in [7, 11) is 0. The molecule has 4 nitrogen and oxygen atoms in total. The van der Waals surface area contributed by atoms with Crippen LogP contribution in [0.25, 0.3) is 6.08 Å². The molecule has 0 N–H and O–H groups in total. The lowest BCUT2D eigenvalue weighted by atomic mass is 10.1. The van der Waals surface area contributed by atoms with Crippen molar-refractivity contribution in [3.63, 3.8) is 0 Å². The summed E-state index contributed by atoms with van der Waals surface area (Å²) < 4.78 is 12.1. The molecule has 1 aliphatic heterocycles. The van der Waals surface area contributed by atoms with E-state index in [4.69, 9.17) is 9.47 Å². The van der Waals surface area contributed by atoms with Gasteiger partial charge in [0.2, 0.25) is 5.91 Å². The van der Waals surface area contributed by atoms with E-state index < -0.39 is 0 Å². The average Bonchev–Trinajstić information content (AvgIpc) is 3.11. The van der Waals surface area contributed by atoms with Crippen molar-refractivity contribution < 1.29 is 14.3 Å². The molecular formula is C18H23NO3S. The van der Waals surface area contributed by atoms with Crippen LogP contribution in [0.15, 0.2) is 23.6 Å². The highest BCUT2D eigenvalue weighted by atomic mass is 32.1. The molecule has 1 saturated heterocycles. The number of fused-ring (bicyclic) bond motifs is 2. The second-order valence-electron chi connectivity index (χ2n) is 6.68. The van der Waals surface area contributed by atoms with Gasteiger partial charge in [-0.05, 0) is 49.1 Å². The van der Waals surface area contributed by atoms with Crippen molar-refractivity contribution in [1.29, 1.82) is 0 Å². The topological polar surface area (TPSA) is 38.8 Å². The SMILES string of the molecule is O=C(/C=C/c1cccs1)N1CCOC2CCC1C2OCC1CC1. The van der Waals surface area contributed by atoms with Crippen molar-refractivity contribution in [2.45, 2.75) is 43.9 Å². The summed E-state index contributed by atoms with van der Waals surface area (Å²) in [6.07, 6.45) is 8.38. The fourth-order valence-electron chi connectivity index (χ4n) is 3.55. The van der Waals surface area contributed by atoms with Gasteiger partial charge in [0.1, 0.15) is 6.10 Å². The lowest BCUT2D eigenvalue weighted by Crippen LogP contribution is -2.46. The fraction of sp³-hybridized carbons (Fsp3) is 0.611. The third kappa shape index (κ3) is 3.52.